The van der Waals surface area contributed by atoms with E-state index >= 15 is 0 Å². The maximum Gasteiger partial charge on any atom is 0.315 e. The van der Waals surface area contributed by atoms with Gasteiger partial charge in [-0.15, -0.1) is 0 Å². The normalized spacial score (nSPS) is 13.2. The third-order valence-electron chi connectivity index (χ3n) is 5.58. The molecule has 0 saturated carbocycles. The number of halogens is 1. The molecule has 3 aromatic rings. The Hall–Kier alpha value is -3.27. The number of aromatic nitrogens is 2. The summed E-state index contributed by atoms with van der Waals surface area (Å²) in [5.41, 5.74) is 0.405. The van der Waals surface area contributed by atoms with Crippen molar-refractivity contribution in [1.82, 2.24) is 9.66 Å². The molecule has 0 bridgehead atoms. The van der Waals surface area contributed by atoms with Gasteiger partial charge in [0.25, 0.3) is 5.56 Å². The molecule has 0 aliphatic carbocycles. The molecule has 180 valence electrons. The average molecular weight is 531 g/mol. The molecule has 0 radical (unpaired) electrons. The van der Waals surface area contributed by atoms with E-state index in [0.29, 0.717) is 28.7 Å². The number of hydrogen-bond acceptors (Lipinski definition) is 7. The Morgan fingerprint density at radius 1 is 1.24 bits per heavy atom. The van der Waals surface area contributed by atoms with Crippen LogP contribution in [0.3, 0.4) is 0 Å². The van der Waals surface area contributed by atoms with E-state index in [4.69, 9.17) is 9.47 Å². The van der Waals surface area contributed by atoms with Gasteiger partial charge in [-0.25, -0.2) is 4.98 Å². The molecule has 0 N–H and O–H groups in total. The number of hydrogen-bond donors (Lipinski definition) is 0. The van der Waals surface area contributed by atoms with Crippen molar-refractivity contribution in [3.63, 3.8) is 0 Å². The van der Waals surface area contributed by atoms with Crippen LogP contribution >= 0.6 is 15.9 Å². The highest BCUT2D eigenvalue weighted by molar-refractivity contribution is 9.10. The number of nitro benzene ring substituents is 1. The summed E-state index contributed by atoms with van der Waals surface area (Å²) in [6.45, 7) is 7.72. The van der Waals surface area contributed by atoms with Gasteiger partial charge in [0, 0.05) is 22.0 Å². The van der Waals surface area contributed by atoms with Gasteiger partial charge in [0.15, 0.2) is 5.75 Å². The topological polar surface area (TPSA) is 109 Å². The van der Waals surface area contributed by atoms with E-state index in [1.165, 1.54) is 24.1 Å². The van der Waals surface area contributed by atoms with E-state index in [1.54, 1.807) is 18.2 Å². The first-order valence-corrected chi connectivity index (χ1v) is 11.8. The Labute approximate surface area is 205 Å². The summed E-state index contributed by atoms with van der Waals surface area (Å²) in [5, 5.41) is 16.6. The second-order valence-electron chi connectivity index (χ2n) is 7.97. The predicted molar refractivity (Wildman–Crippen MR) is 135 cm³/mol. The van der Waals surface area contributed by atoms with Crippen LogP contribution in [0, 0.1) is 10.1 Å². The molecule has 0 aliphatic rings. The van der Waals surface area contributed by atoms with Crippen LogP contribution in [-0.2, 0) is 0 Å². The number of nitro groups is 1. The molecule has 0 fully saturated rings. The van der Waals surface area contributed by atoms with Crippen LogP contribution in [0.1, 0.15) is 57.8 Å². The Bertz CT molecular complexity index is 1300. The van der Waals surface area contributed by atoms with Crippen LogP contribution in [0.2, 0.25) is 0 Å². The van der Waals surface area contributed by atoms with E-state index in [9.17, 15) is 14.9 Å². The zero-order valence-electron chi connectivity index (χ0n) is 19.7. The van der Waals surface area contributed by atoms with Gasteiger partial charge >= 0.3 is 5.69 Å². The zero-order chi connectivity index (χ0) is 25.0. The lowest BCUT2D eigenvalue weighted by atomic mass is 10.1. The standard InChI is InChI=1S/C24H27BrN4O5/c1-6-14(3)23-27-19-9-8-17(25)12-18(19)24(30)28(23)26-13-16-10-20(29(31)32)22(21(11-16)33-5)34-15(4)7-2/h8-15H,6-7H2,1-5H3/t14-,15+/m1/s1. The quantitative estimate of drug-likeness (QED) is 0.201. The molecule has 9 nitrogen and oxygen atoms in total. The summed E-state index contributed by atoms with van der Waals surface area (Å²) in [4.78, 5) is 29.2. The fraction of sp³-hybridized carbons (Fsp3) is 0.375. The lowest BCUT2D eigenvalue weighted by Crippen LogP contribution is -2.23. The molecule has 3 rings (SSSR count). The highest BCUT2D eigenvalue weighted by Crippen LogP contribution is 2.39. The van der Waals surface area contributed by atoms with E-state index in [1.807, 2.05) is 33.8 Å². The molecule has 2 aromatic carbocycles. The molecule has 2 atom stereocenters. The summed E-state index contributed by atoms with van der Waals surface area (Å²) >= 11 is 3.39. The van der Waals surface area contributed by atoms with Gasteiger partial charge in [-0.2, -0.15) is 9.78 Å². The van der Waals surface area contributed by atoms with Gasteiger partial charge in [-0.1, -0.05) is 36.7 Å². The molecule has 0 saturated heterocycles. The van der Waals surface area contributed by atoms with Gasteiger partial charge in [0.05, 0.1) is 35.3 Å². The minimum Gasteiger partial charge on any atom is -0.493 e. The van der Waals surface area contributed by atoms with Crippen molar-refractivity contribution in [2.24, 2.45) is 5.10 Å². The fourth-order valence-corrected chi connectivity index (χ4v) is 3.64. The minimum absolute atomic E-state index is 0.0342. The Kier molecular flexibility index (Phi) is 8.03. The molecule has 34 heavy (non-hydrogen) atoms. The molecular formula is C24H27BrN4O5. The van der Waals surface area contributed by atoms with E-state index in [2.05, 4.69) is 26.0 Å². The summed E-state index contributed by atoms with van der Waals surface area (Å²) in [5.74, 6) is 0.754. The second kappa shape index (κ2) is 10.8. The molecule has 0 amide bonds. The highest BCUT2D eigenvalue weighted by Gasteiger charge is 2.24. The number of methoxy groups -OCH3 is 1. The minimum atomic E-state index is -0.524. The number of benzene rings is 2. The van der Waals surface area contributed by atoms with Gasteiger partial charge in [-0.3, -0.25) is 14.9 Å². The number of nitrogens with zero attached hydrogens (tertiary/aromatic N) is 4. The molecule has 1 aromatic heterocycles. The van der Waals surface area contributed by atoms with Gasteiger partial charge in [0.2, 0.25) is 5.75 Å². The summed E-state index contributed by atoms with van der Waals surface area (Å²) in [6, 6.07) is 8.25. The van der Waals surface area contributed by atoms with Crippen LogP contribution in [0.4, 0.5) is 5.69 Å². The molecular weight excluding hydrogens is 504 g/mol. The third-order valence-corrected chi connectivity index (χ3v) is 6.07. The Morgan fingerprint density at radius 2 is 1.97 bits per heavy atom. The summed E-state index contributed by atoms with van der Waals surface area (Å²) in [7, 11) is 1.42. The van der Waals surface area contributed by atoms with E-state index in [0.717, 1.165) is 10.9 Å². The average Bonchev–Trinajstić information content (AvgIpc) is 2.83. The van der Waals surface area contributed by atoms with Crippen LogP contribution < -0.4 is 15.0 Å². The molecule has 0 unspecified atom stereocenters. The predicted octanol–water partition coefficient (Wildman–Crippen LogP) is 5.65. The third kappa shape index (κ3) is 5.27. The van der Waals surface area contributed by atoms with Crippen LogP contribution in [0.15, 0.2) is 44.7 Å². The van der Waals surface area contributed by atoms with Crippen LogP contribution in [-0.4, -0.2) is 34.0 Å². The SMILES string of the molecule is CC[C@@H](C)c1nc2ccc(Br)cc2c(=O)n1N=Cc1cc(OC)c(O[C@@H](C)CC)c([N+](=O)[O-])c1. The van der Waals surface area contributed by atoms with Crippen molar-refractivity contribution < 1.29 is 14.4 Å². The van der Waals surface area contributed by atoms with Crippen molar-refractivity contribution in [2.75, 3.05) is 7.11 Å². The van der Waals surface area contributed by atoms with Crippen molar-refractivity contribution in [2.45, 2.75) is 52.6 Å². The largest absolute Gasteiger partial charge is 0.493 e. The molecule has 1 heterocycles. The first-order valence-electron chi connectivity index (χ1n) is 11.0. The van der Waals surface area contributed by atoms with Crippen molar-refractivity contribution in [3.05, 3.63) is 66.7 Å². The van der Waals surface area contributed by atoms with Gasteiger partial charge < -0.3 is 9.47 Å². The Balaban J connectivity index is 2.17. The smallest absolute Gasteiger partial charge is 0.315 e. The summed E-state index contributed by atoms with van der Waals surface area (Å²) < 4.78 is 13.1. The maximum absolute atomic E-state index is 13.3. The summed E-state index contributed by atoms with van der Waals surface area (Å²) in [6.07, 6.45) is 2.59. The first kappa shape index (κ1) is 25.4. The second-order valence-corrected chi connectivity index (χ2v) is 8.88. The van der Waals surface area contributed by atoms with Crippen molar-refractivity contribution in [3.8, 4) is 11.5 Å². The highest BCUT2D eigenvalue weighted by atomic mass is 79.9. The molecule has 0 aliphatic heterocycles. The maximum atomic E-state index is 13.3. The zero-order valence-corrected chi connectivity index (χ0v) is 21.3. The van der Waals surface area contributed by atoms with Crippen molar-refractivity contribution >= 4 is 38.7 Å². The van der Waals surface area contributed by atoms with E-state index < -0.39 is 4.92 Å². The first-order chi connectivity index (χ1) is 16.2. The lowest BCUT2D eigenvalue weighted by molar-refractivity contribution is -0.386. The number of rotatable bonds is 9. The molecule has 10 heteroatoms. The van der Waals surface area contributed by atoms with E-state index in [-0.39, 0.29) is 34.8 Å². The van der Waals surface area contributed by atoms with Crippen LogP contribution in [0.25, 0.3) is 10.9 Å². The Morgan fingerprint density at radius 3 is 2.59 bits per heavy atom. The monoisotopic (exact) mass is 530 g/mol. The van der Waals surface area contributed by atoms with Gasteiger partial charge in [-0.05, 0) is 44.0 Å². The van der Waals surface area contributed by atoms with Crippen molar-refractivity contribution in [1.29, 1.82) is 0 Å². The fourth-order valence-electron chi connectivity index (χ4n) is 3.28. The number of fused-ring (bicyclic) bond motifs is 1. The van der Waals surface area contributed by atoms with Crippen LogP contribution in [0.5, 0.6) is 11.5 Å². The lowest BCUT2D eigenvalue weighted by Gasteiger charge is -2.16. The van der Waals surface area contributed by atoms with Gasteiger partial charge in [0.1, 0.15) is 5.82 Å². The molecule has 0 spiro atoms. The number of ether oxygens (including phenoxy) is 2.